The van der Waals surface area contributed by atoms with Gasteiger partial charge < -0.3 is 5.32 Å². The van der Waals surface area contributed by atoms with E-state index in [1.807, 2.05) is 12.1 Å². The Morgan fingerprint density at radius 2 is 2.06 bits per heavy atom. The van der Waals surface area contributed by atoms with Crippen molar-refractivity contribution in [1.82, 2.24) is 5.32 Å². The van der Waals surface area contributed by atoms with Crippen LogP contribution in [0.1, 0.15) is 5.56 Å². The molecule has 0 radical (unpaired) electrons. The average molecular weight is 227 g/mol. The lowest BCUT2D eigenvalue weighted by Gasteiger charge is -2.05. The molecule has 17 heavy (non-hydrogen) atoms. The summed E-state index contributed by atoms with van der Waals surface area (Å²) in [7, 11) is 0. The first-order valence-electron chi connectivity index (χ1n) is 5.16. The molecule has 1 aromatic carbocycles. The number of carbonyl (C=O) groups excluding carboxylic acids is 1. The maximum Gasteiger partial charge on any atom is 0.238 e. The maximum atomic E-state index is 11.4. The fourth-order valence-electron chi connectivity index (χ4n) is 1.25. The molecular weight excluding hydrogens is 214 g/mol. The van der Waals surface area contributed by atoms with Crippen LogP contribution in [0.25, 0.3) is 0 Å². The van der Waals surface area contributed by atoms with Gasteiger partial charge in [-0.1, -0.05) is 18.1 Å². The van der Waals surface area contributed by atoms with Crippen molar-refractivity contribution in [2.45, 2.75) is 6.42 Å². The van der Waals surface area contributed by atoms with Gasteiger partial charge in [0.1, 0.15) is 0 Å². The average Bonchev–Trinajstić information content (AvgIpc) is 2.32. The fraction of sp³-hybridized carbons (Fsp3) is 0.231. The van der Waals surface area contributed by atoms with Crippen LogP contribution in [0.4, 0.5) is 5.69 Å². The molecule has 0 saturated heterocycles. The summed E-state index contributed by atoms with van der Waals surface area (Å²) in [5, 5.41) is 14.0. The molecule has 2 N–H and O–H groups in total. The third-order valence-corrected chi connectivity index (χ3v) is 2.03. The number of anilines is 1. The molecule has 0 aliphatic carbocycles. The maximum absolute atomic E-state index is 11.4. The highest BCUT2D eigenvalue weighted by molar-refractivity contribution is 5.92. The first-order valence-corrected chi connectivity index (χ1v) is 5.16. The van der Waals surface area contributed by atoms with E-state index >= 15 is 0 Å². The van der Waals surface area contributed by atoms with Gasteiger partial charge in [0.25, 0.3) is 0 Å². The molecule has 0 saturated carbocycles. The van der Waals surface area contributed by atoms with E-state index in [2.05, 4.69) is 22.6 Å². The highest BCUT2D eigenvalue weighted by Crippen LogP contribution is 2.09. The lowest BCUT2D eigenvalue weighted by molar-refractivity contribution is -0.115. The Morgan fingerprint density at radius 1 is 1.35 bits per heavy atom. The summed E-state index contributed by atoms with van der Waals surface area (Å²) in [4.78, 5) is 11.4. The van der Waals surface area contributed by atoms with Crippen LogP contribution in [0.2, 0.25) is 0 Å². The van der Waals surface area contributed by atoms with Crippen LogP contribution < -0.4 is 10.6 Å². The molecule has 4 heteroatoms. The molecule has 0 aromatic heterocycles. The summed E-state index contributed by atoms with van der Waals surface area (Å²) in [5.74, 6) is 2.24. The van der Waals surface area contributed by atoms with Gasteiger partial charge in [0.05, 0.1) is 25.6 Å². The summed E-state index contributed by atoms with van der Waals surface area (Å²) in [6.45, 7) is 0.554. The quantitative estimate of drug-likeness (QED) is 0.580. The molecule has 0 aliphatic heterocycles. The first-order chi connectivity index (χ1) is 8.26. The SMILES string of the molecule is C#CCNCC(=O)Nc1ccc(CC#N)cc1. The second kappa shape index (κ2) is 7.05. The van der Waals surface area contributed by atoms with Gasteiger partial charge in [-0.05, 0) is 17.7 Å². The molecule has 1 amide bonds. The first kappa shape index (κ1) is 12.8. The van der Waals surface area contributed by atoms with E-state index < -0.39 is 0 Å². The lowest BCUT2D eigenvalue weighted by atomic mass is 10.1. The third-order valence-electron chi connectivity index (χ3n) is 2.03. The van der Waals surface area contributed by atoms with Crippen LogP contribution in [-0.4, -0.2) is 19.0 Å². The highest BCUT2D eigenvalue weighted by Gasteiger charge is 2.01. The van der Waals surface area contributed by atoms with Gasteiger partial charge in [-0.3, -0.25) is 10.1 Å². The number of terminal acetylenes is 1. The summed E-state index contributed by atoms with van der Waals surface area (Å²) in [5.41, 5.74) is 1.63. The number of rotatable bonds is 5. The normalized spacial score (nSPS) is 9.06. The molecule has 0 unspecified atom stereocenters. The summed E-state index contributed by atoms with van der Waals surface area (Å²) in [6, 6.07) is 9.23. The summed E-state index contributed by atoms with van der Waals surface area (Å²) in [6.07, 6.45) is 5.41. The van der Waals surface area contributed by atoms with Crippen LogP contribution in [0.5, 0.6) is 0 Å². The number of nitriles is 1. The molecule has 0 aliphatic rings. The topological polar surface area (TPSA) is 64.9 Å². The van der Waals surface area contributed by atoms with E-state index in [0.717, 1.165) is 5.56 Å². The Hall–Kier alpha value is -2.30. The van der Waals surface area contributed by atoms with Crippen molar-refractivity contribution in [2.24, 2.45) is 0 Å². The molecule has 0 atom stereocenters. The van der Waals surface area contributed by atoms with E-state index in [9.17, 15) is 4.79 Å². The molecule has 0 heterocycles. The Morgan fingerprint density at radius 3 is 2.65 bits per heavy atom. The minimum Gasteiger partial charge on any atom is -0.325 e. The highest BCUT2D eigenvalue weighted by atomic mass is 16.1. The Kier molecular flexibility index (Phi) is 5.30. The number of hydrogen-bond donors (Lipinski definition) is 2. The van der Waals surface area contributed by atoms with Gasteiger partial charge in [-0.25, -0.2) is 0 Å². The largest absolute Gasteiger partial charge is 0.325 e. The van der Waals surface area contributed by atoms with E-state index in [0.29, 0.717) is 18.7 Å². The van der Waals surface area contributed by atoms with Crippen LogP contribution in [0.15, 0.2) is 24.3 Å². The van der Waals surface area contributed by atoms with E-state index in [1.54, 1.807) is 12.1 Å². The van der Waals surface area contributed by atoms with Gasteiger partial charge in [-0.15, -0.1) is 6.42 Å². The predicted molar refractivity (Wildman–Crippen MR) is 66.1 cm³/mol. The molecular formula is C13H13N3O. The van der Waals surface area contributed by atoms with Gasteiger partial charge in [0.15, 0.2) is 0 Å². The number of amides is 1. The number of nitrogens with zero attached hydrogens (tertiary/aromatic N) is 1. The minimum absolute atomic E-state index is 0.145. The number of nitrogens with one attached hydrogen (secondary N) is 2. The van der Waals surface area contributed by atoms with Crippen molar-refractivity contribution in [1.29, 1.82) is 5.26 Å². The molecule has 0 bridgehead atoms. The van der Waals surface area contributed by atoms with Crippen molar-refractivity contribution >= 4 is 11.6 Å². The predicted octanol–water partition coefficient (Wildman–Crippen LogP) is 0.914. The van der Waals surface area contributed by atoms with Crippen LogP contribution in [0, 0.1) is 23.7 Å². The Labute approximate surface area is 101 Å². The van der Waals surface area contributed by atoms with Crippen molar-refractivity contribution < 1.29 is 4.79 Å². The second-order valence-electron chi connectivity index (χ2n) is 3.39. The van der Waals surface area contributed by atoms with E-state index in [-0.39, 0.29) is 12.5 Å². The van der Waals surface area contributed by atoms with Crippen LogP contribution in [0.3, 0.4) is 0 Å². The smallest absolute Gasteiger partial charge is 0.238 e. The van der Waals surface area contributed by atoms with E-state index in [4.69, 9.17) is 11.7 Å². The standard InChI is InChI=1S/C13H13N3O/c1-2-9-15-10-13(17)16-12-5-3-11(4-6-12)7-8-14/h1,3-6,15H,7,9-10H2,(H,16,17). The molecule has 1 rings (SSSR count). The zero-order chi connectivity index (χ0) is 12.5. The monoisotopic (exact) mass is 227 g/mol. The Bertz CT molecular complexity index is 451. The van der Waals surface area contributed by atoms with Crippen LogP contribution in [-0.2, 0) is 11.2 Å². The molecule has 4 nitrogen and oxygen atoms in total. The number of hydrogen-bond acceptors (Lipinski definition) is 3. The number of benzene rings is 1. The van der Waals surface area contributed by atoms with Gasteiger partial charge in [-0.2, -0.15) is 5.26 Å². The summed E-state index contributed by atoms with van der Waals surface area (Å²) < 4.78 is 0. The second-order valence-corrected chi connectivity index (χ2v) is 3.39. The minimum atomic E-state index is -0.145. The zero-order valence-corrected chi connectivity index (χ0v) is 9.36. The molecule has 0 spiro atoms. The van der Waals surface area contributed by atoms with E-state index in [1.165, 1.54) is 0 Å². The van der Waals surface area contributed by atoms with Crippen molar-refractivity contribution in [3.05, 3.63) is 29.8 Å². The molecule has 0 fully saturated rings. The lowest BCUT2D eigenvalue weighted by Crippen LogP contribution is -2.28. The van der Waals surface area contributed by atoms with Crippen molar-refractivity contribution in [2.75, 3.05) is 18.4 Å². The Balaban J connectivity index is 2.44. The van der Waals surface area contributed by atoms with Gasteiger partial charge in [0.2, 0.25) is 5.91 Å². The number of carbonyl (C=O) groups is 1. The zero-order valence-electron chi connectivity index (χ0n) is 9.36. The summed E-state index contributed by atoms with van der Waals surface area (Å²) >= 11 is 0. The van der Waals surface area contributed by atoms with Crippen LogP contribution >= 0.6 is 0 Å². The molecule has 86 valence electrons. The third kappa shape index (κ3) is 4.83. The van der Waals surface area contributed by atoms with Crippen molar-refractivity contribution in [3.63, 3.8) is 0 Å². The van der Waals surface area contributed by atoms with Gasteiger partial charge in [0, 0.05) is 5.69 Å². The van der Waals surface area contributed by atoms with Crippen molar-refractivity contribution in [3.8, 4) is 18.4 Å². The van der Waals surface area contributed by atoms with Gasteiger partial charge >= 0.3 is 0 Å². The fourth-order valence-corrected chi connectivity index (χ4v) is 1.25. The molecule has 1 aromatic rings.